The van der Waals surface area contributed by atoms with Crippen LogP contribution in [0.3, 0.4) is 0 Å². The molecule has 2 N–H and O–H groups in total. The van der Waals surface area contributed by atoms with Crippen molar-refractivity contribution in [3.63, 3.8) is 0 Å². The summed E-state index contributed by atoms with van der Waals surface area (Å²) in [7, 11) is 0. The summed E-state index contributed by atoms with van der Waals surface area (Å²) >= 11 is 0. The molecule has 0 fully saturated rings. The number of rotatable bonds is 8. The molecule has 1 aromatic heterocycles. The number of imidazole rings is 1. The first-order valence-electron chi connectivity index (χ1n) is 9.71. The first-order valence-corrected chi connectivity index (χ1v) is 9.71. The number of H-pyrrole nitrogens is 1. The Bertz CT molecular complexity index is 1130. The third-order valence-corrected chi connectivity index (χ3v) is 4.78. The number of nitrogens with one attached hydrogen (secondary N) is 1. The molecule has 0 radical (unpaired) electrons. The summed E-state index contributed by atoms with van der Waals surface area (Å²) in [5.41, 5.74) is 3.25. The zero-order valence-corrected chi connectivity index (χ0v) is 17.0. The van der Waals surface area contributed by atoms with Gasteiger partial charge in [-0.05, 0) is 47.4 Å². The van der Waals surface area contributed by atoms with Gasteiger partial charge in [0.2, 0.25) is 0 Å². The highest BCUT2D eigenvalue weighted by Crippen LogP contribution is 2.31. The fourth-order valence-electron chi connectivity index (χ4n) is 3.07. The van der Waals surface area contributed by atoms with Gasteiger partial charge in [-0.3, -0.25) is 0 Å². The van der Waals surface area contributed by atoms with Gasteiger partial charge in [-0.1, -0.05) is 50.4 Å². The summed E-state index contributed by atoms with van der Waals surface area (Å²) in [5, 5.41) is 10.3. The first-order chi connectivity index (χ1) is 14.7. The van der Waals surface area contributed by atoms with Crippen LogP contribution in [-0.4, -0.2) is 21.3 Å². The molecular formula is C24H23F3N2O2. The minimum Gasteiger partial charge on any atom is -0.486 e. The number of aliphatic hydroxyl groups excluding tert-OH is 1. The molecule has 0 saturated heterocycles. The summed E-state index contributed by atoms with van der Waals surface area (Å²) < 4.78 is 42.8. The molecule has 3 aromatic rings. The number of allylic oxidation sites excluding steroid dienone is 3. The van der Waals surface area contributed by atoms with Crippen molar-refractivity contribution in [3.8, 4) is 11.1 Å². The van der Waals surface area contributed by atoms with Crippen molar-refractivity contribution in [2.45, 2.75) is 32.2 Å². The van der Waals surface area contributed by atoms with Crippen molar-refractivity contribution in [2.24, 2.45) is 0 Å². The average Bonchev–Trinajstić information content (AvgIpc) is 3.16. The van der Waals surface area contributed by atoms with Gasteiger partial charge in [0.05, 0.1) is 17.1 Å². The van der Waals surface area contributed by atoms with E-state index in [1.165, 1.54) is 0 Å². The molecule has 1 heterocycles. The lowest BCUT2D eigenvalue weighted by Gasteiger charge is -2.14. The fourth-order valence-corrected chi connectivity index (χ4v) is 3.07. The van der Waals surface area contributed by atoms with Crippen LogP contribution in [-0.2, 0) is 11.3 Å². The monoisotopic (exact) mass is 428 g/mol. The molecule has 2 aromatic carbocycles. The van der Waals surface area contributed by atoms with E-state index in [-0.39, 0.29) is 12.4 Å². The molecule has 162 valence electrons. The molecule has 1 atom stereocenters. The number of halogens is 3. The molecule has 31 heavy (non-hydrogen) atoms. The lowest BCUT2D eigenvalue weighted by Crippen LogP contribution is -2.08. The minimum absolute atomic E-state index is 0.0246. The molecule has 0 amide bonds. The summed E-state index contributed by atoms with van der Waals surface area (Å²) in [6.07, 6.45) is -2.49. The van der Waals surface area contributed by atoms with E-state index in [9.17, 15) is 18.3 Å². The summed E-state index contributed by atoms with van der Waals surface area (Å²) in [4.78, 5) is 7.59. The Balaban J connectivity index is 1.74. The number of aromatic nitrogens is 2. The molecule has 0 aliphatic heterocycles. The summed E-state index contributed by atoms with van der Waals surface area (Å²) in [6.45, 7) is 8.49. The number of hydrogen-bond acceptors (Lipinski definition) is 3. The maximum absolute atomic E-state index is 12.5. The number of aromatic amines is 1. The van der Waals surface area contributed by atoms with Crippen molar-refractivity contribution >= 4 is 11.0 Å². The Morgan fingerprint density at radius 1 is 1.19 bits per heavy atom. The number of nitrogens with zero attached hydrogens (tertiary/aromatic N) is 1. The minimum atomic E-state index is -4.49. The van der Waals surface area contributed by atoms with Crippen LogP contribution in [0.2, 0.25) is 0 Å². The maximum Gasteiger partial charge on any atom is 0.415 e. The van der Waals surface area contributed by atoms with Crippen LogP contribution in [0.1, 0.15) is 30.8 Å². The molecule has 0 spiro atoms. The highest BCUT2D eigenvalue weighted by molar-refractivity contribution is 5.83. The molecule has 7 heteroatoms. The van der Waals surface area contributed by atoms with Crippen LogP contribution >= 0.6 is 0 Å². The van der Waals surface area contributed by atoms with Gasteiger partial charge in [-0.2, -0.15) is 13.2 Å². The van der Waals surface area contributed by atoms with Crippen molar-refractivity contribution in [1.29, 1.82) is 0 Å². The van der Waals surface area contributed by atoms with Crippen LogP contribution in [0, 0.1) is 0 Å². The van der Waals surface area contributed by atoms with Crippen LogP contribution in [0.4, 0.5) is 13.2 Å². The van der Waals surface area contributed by atoms with E-state index in [0.29, 0.717) is 12.2 Å². The number of hydrogen-bond donors (Lipinski definition) is 2. The second-order valence-electron chi connectivity index (χ2n) is 7.04. The molecule has 0 saturated carbocycles. The number of aliphatic hydroxyl groups is 1. The second kappa shape index (κ2) is 9.22. The van der Waals surface area contributed by atoms with Crippen molar-refractivity contribution in [2.75, 3.05) is 0 Å². The Kier molecular flexibility index (Phi) is 6.65. The lowest BCUT2D eigenvalue weighted by molar-refractivity contribution is -0.0878. The third kappa shape index (κ3) is 5.44. The normalized spacial score (nSPS) is 12.9. The molecule has 3 rings (SSSR count). The molecule has 4 nitrogen and oxygen atoms in total. The molecular weight excluding hydrogens is 405 g/mol. The third-order valence-electron chi connectivity index (χ3n) is 4.78. The van der Waals surface area contributed by atoms with Gasteiger partial charge in [0.25, 0.3) is 0 Å². The highest BCUT2D eigenvalue weighted by atomic mass is 19.4. The van der Waals surface area contributed by atoms with Gasteiger partial charge < -0.3 is 14.8 Å². The van der Waals surface area contributed by atoms with Gasteiger partial charge in [0.1, 0.15) is 18.2 Å². The second-order valence-corrected chi connectivity index (χ2v) is 7.04. The van der Waals surface area contributed by atoms with Gasteiger partial charge in [0.15, 0.2) is 0 Å². The van der Waals surface area contributed by atoms with Gasteiger partial charge in [-0.15, -0.1) is 0 Å². The Morgan fingerprint density at radius 2 is 1.94 bits per heavy atom. The molecule has 0 bridgehead atoms. The standard InChI is InChI=1S/C24H23F3N2O2/c1-4-22(30)19-8-6-5-7-18(19)17-11-12-20-21(13-17)29-23(28-20)14-31-16(3)10-9-15(2)24(25,26)27/h5-13,22,30H,2-4,14H2,1H3,(H,28,29)/b10-9-. The van der Waals surface area contributed by atoms with E-state index in [2.05, 4.69) is 23.1 Å². The highest BCUT2D eigenvalue weighted by Gasteiger charge is 2.29. The van der Waals surface area contributed by atoms with Gasteiger partial charge in [-0.25, -0.2) is 4.98 Å². The van der Waals surface area contributed by atoms with Crippen molar-refractivity contribution in [1.82, 2.24) is 9.97 Å². The largest absolute Gasteiger partial charge is 0.486 e. The van der Waals surface area contributed by atoms with Gasteiger partial charge >= 0.3 is 6.18 Å². The lowest BCUT2D eigenvalue weighted by atomic mass is 9.95. The number of fused-ring (bicyclic) bond motifs is 1. The van der Waals surface area contributed by atoms with Gasteiger partial charge in [0, 0.05) is 5.57 Å². The molecule has 0 aliphatic carbocycles. The van der Waals surface area contributed by atoms with E-state index >= 15 is 0 Å². The van der Waals surface area contributed by atoms with E-state index in [1.54, 1.807) is 0 Å². The molecule has 0 aliphatic rings. The fraction of sp³-hybridized carbons (Fsp3) is 0.208. The Hall–Kier alpha value is -3.32. The average molecular weight is 428 g/mol. The SMILES string of the molecule is C=C(/C=C\C(=C)C(F)(F)F)OCc1nc2ccc(-c3ccccc3C(O)CC)cc2[nH]1. The van der Waals surface area contributed by atoms with E-state index in [1.807, 2.05) is 49.4 Å². The predicted octanol–water partition coefficient (Wildman–Crippen LogP) is 6.38. The first kappa shape index (κ1) is 22.4. The Labute approximate surface area is 178 Å². The summed E-state index contributed by atoms with van der Waals surface area (Å²) in [6, 6.07) is 13.4. The van der Waals surface area contributed by atoms with Crippen LogP contribution < -0.4 is 0 Å². The van der Waals surface area contributed by atoms with Crippen LogP contribution in [0.15, 0.2) is 79.1 Å². The zero-order valence-electron chi connectivity index (χ0n) is 17.0. The Morgan fingerprint density at radius 3 is 2.65 bits per heavy atom. The van der Waals surface area contributed by atoms with Crippen LogP contribution in [0.5, 0.6) is 0 Å². The van der Waals surface area contributed by atoms with Crippen LogP contribution in [0.25, 0.3) is 22.2 Å². The van der Waals surface area contributed by atoms with E-state index in [4.69, 9.17) is 4.74 Å². The zero-order chi connectivity index (χ0) is 22.6. The summed E-state index contributed by atoms with van der Waals surface area (Å²) in [5.74, 6) is 0.576. The predicted molar refractivity (Wildman–Crippen MR) is 115 cm³/mol. The van der Waals surface area contributed by atoms with Crippen molar-refractivity contribution < 1.29 is 23.0 Å². The number of benzene rings is 2. The van der Waals surface area contributed by atoms with E-state index in [0.717, 1.165) is 39.9 Å². The van der Waals surface area contributed by atoms with Crippen molar-refractivity contribution in [3.05, 3.63) is 90.5 Å². The van der Waals surface area contributed by atoms with E-state index < -0.39 is 17.9 Å². The molecule has 1 unspecified atom stereocenters. The quantitative estimate of drug-likeness (QED) is 0.323. The topological polar surface area (TPSA) is 58.1 Å². The number of ether oxygens (including phenoxy) is 1. The smallest absolute Gasteiger partial charge is 0.415 e. The number of alkyl halides is 3. The maximum atomic E-state index is 12.5.